The predicted molar refractivity (Wildman–Crippen MR) is 74.3 cm³/mol. The predicted octanol–water partition coefficient (Wildman–Crippen LogP) is 2.89. The normalized spacial score (nSPS) is 36.7. The Kier molecular flexibility index (Phi) is 5.30. The number of piperidine rings is 1. The molecule has 2 fully saturated rings. The van der Waals surface area contributed by atoms with Crippen LogP contribution in [-0.4, -0.2) is 37.6 Å². The van der Waals surface area contributed by atoms with Gasteiger partial charge >= 0.3 is 0 Å². The maximum Gasteiger partial charge on any atom is 0.00672 e. The van der Waals surface area contributed by atoms with Crippen LogP contribution < -0.4 is 5.32 Å². The number of hydrogen-bond donors (Lipinski definition) is 1. The first-order valence-electron chi connectivity index (χ1n) is 7.66. The Bertz CT molecular complexity index is 217. The average Bonchev–Trinajstić information content (AvgIpc) is 2.52. The first kappa shape index (κ1) is 13.4. The van der Waals surface area contributed by atoms with E-state index in [9.17, 15) is 0 Å². The van der Waals surface area contributed by atoms with E-state index in [1.807, 2.05) is 0 Å². The Balaban J connectivity index is 1.66. The number of hydrogen-bond acceptors (Lipinski definition) is 2. The van der Waals surface area contributed by atoms with Gasteiger partial charge < -0.3 is 10.2 Å². The van der Waals surface area contributed by atoms with Crippen molar-refractivity contribution in [3.05, 3.63) is 0 Å². The van der Waals surface area contributed by atoms with Gasteiger partial charge in [0.15, 0.2) is 0 Å². The van der Waals surface area contributed by atoms with Gasteiger partial charge in [-0.3, -0.25) is 0 Å². The van der Waals surface area contributed by atoms with Gasteiger partial charge in [-0.05, 0) is 64.1 Å². The van der Waals surface area contributed by atoms with Crippen LogP contribution >= 0.6 is 0 Å². The van der Waals surface area contributed by atoms with Gasteiger partial charge in [-0.2, -0.15) is 0 Å². The molecule has 0 radical (unpaired) electrons. The molecule has 1 aliphatic carbocycles. The average molecular weight is 238 g/mol. The van der Waals surface area contributed by atoms with Gasteiger partial charge in [0.05, 0.1) is 0 Å². The number of rotatable bonds is 3. The molecule has 1 aliphatic heterocycles. The highest BCUT2D eigenvalue weighted by Gasteiger charge is 2.20. The molecule has 2 aliphatic rings. The molecular weight excluding hydrogens is 208 g/mol. The van der Waals surface area contributed by atoms with Crippen molar-refractivity contribution in [1.82, 2.24) is 10.2 Å². The molecule has 0 spiro atoms. The smallest absolute Gasteiger partial charge is 0.00672 e. The standard InChI is InChI=1S/C15H30N2/c1-13-5-3-7-15(9-8-13)16-11-14-6-4-10-17(2)12-14/h13-16H,3-12H2,1-2H3. The van der Waals surface area contributed by atoms with E-state index in [1.165, 1.54) is 64.6 Å². The summed E-state index contributed by atoms with van der Waals surface area (Å²) in [5.41, 5.74) is 0. The van der Waals surface area contributed by atoms with Gasteiger partial charge in [0, 0.05) is 12.6 Å². The van der Waals surface area contributed by atoms with Crippen molar-refractivity contribution in [2.24, 2.45) is 11.8 Å². The summed E-state index contributed by atoms with van der Waals surface area (Å²) in [4.78, 5) is 2.49. The molecule has 3 unspecified atom stereocenters. The molecule has 1 saturated carbocycles. The summed E-state index contributed by atoms with van der Waals surface area (Å²) in [6, 6.07) is 0.812. The minimum Gasteiger partial charge on any atom is -0.314 e. The summed E-state index contributed by atoms with van der Waals surface area (Å²) >= 11 is 0. The van der Waals surface area contributed by atoms with Crippen molar-refractivity contribution < 1.29 is 0 Å². The largest absolute Gasteiger partial charge is 0.314 e. The number of nitrogens with zero attached hydrogens (tertiary/aromatic N) is 1. The highest BCUT2D eigenvalue weighted by Crippen LogP contribution is 2.23. The molecule has 1 saturated heterocycles. The lowest BCUT2D eigenvalue weighted by Crippen LogP contribution is -2.40. The minimum atomic E-state index is 0.812. The molecule has 100 valence electrons. The summed E-state index contributed by atoms with van der Waals surface area (Å²) in [6.07, 6.45) is 9.96. The summed E-state index contributed by atoms with van der Waals surface area (Å²) in [5, 5.41) is 3.85. The van der Waals surface area contributed by atoms with Crippen molar-refractivity contribution in [1.29, 1.82) is 0 Å². The Morgan fingerprint density at radius 2 is 1.94 bits per heavy atom. The van der Waals surface area contributed by atoms with E-state index in [-0.39, 0.29) is 0 Å². The molecule has 2 rings (SSSR count). The van der Waals surface area contributed by atoms with Gasteiger partial charge in [0.1, 0.15) is 0 Å². The zero-order valence-electron chi connectivity index (χ0n) is 11.8. The molecule has 0 aromatic heterocycles. The van der Waals surface area contributed by atoms with Crippen molar-refractivity contribution in [2.75, 3.05) is 26.7 Å². The molecule has 17 heavy (non-hydrogen) atoms. The Morgan fingerprint density at radius 3 is 2.76 bits per heavy atom. The molecule has 0 bridgehead atoms. The van der Waals surface area contributed by atoms with Crippen LogP contribution in [0.5, 0.6) is 0 Å². The number of likely N-dealkylation sites (tertiary alicyclic amines) is 1. The molecule has 2 nitrogen and oxygen atoms in total. The van der Waals surface area contributed by atoms with E-state index in [2.05, 4.69) is 24.2 Å². The van der Waals surface area contributed by atoms with Crippen LogP contribution in [0, 0.1) is 11.8 Å². The third-order valence-electron chi connectivity index (χ3n) is 4.67. The van der Waals surface area contributed by atoms with E-state index >= 15 is 0 Å². The lowest BCUT2D eigenvalue weighted by Gasteiger charge is -2.31. The van der Waals surface area contributed by atoms with E-state index in [4.69, 9.17) is 0 Å². The second-order valence-corrected chi connectivity index (χ2v) is 6.49. The summed E-state index contributed by atoms with van der Waals surface area (Å²) < 4.78 is 0. The van der Waals surface area contributed by atoms with Crippen LogP contribution in [-0.2, 0) is 0 Å². The van der Waals surface area contributed by atoms with Crippen molar-refractivity contribution in [2.45, 2.75) is 57.9 Å². The topological polar surface area (TPSA) is 15.3 Å². The Morgan fingerprint density at radius 1 is 1.06 bits per heavy atom. The van der Waals surface area contributed by atoms with Gasteiger partial charge in [0.2, 0.25) is 0 Å². The van der Waals surface area contributed by atoms with E-state index in [0.717, 1.165) is 17.9 Å². The second kappa shape index (κ2) is 6.75. The van der Waals surface area contributed by atoms with Gasteiger partial charge in [-0.15, -0.1) is 0 Å². The first-order chi connectivity index (χ1) is 8.24. The second-order valence-electron chi connectivity index (χ2n) is 6.49. The van der Waals surface area contributed by atoms with Crippen LogP contribution in [0.15, 0.2) is 0 Å². The molecular formula is C15H30N2. The van der Waals surface area contributed by atoms with E-state index < -0.39 is 0 Å². The van der Waals surface area contributed by atoms with Crippen LogP contribution in [0.2, 0.25) is 0 Å². The Hall–Kier alpha value is -0.0800. The van der Waals surface area contributed by atoms with Crippen LogP contribution in [0.3, 0.4) is 0 Å². The van der Waals surface area contributed by atoms with Crippen LogP contribution in [0.4, 0.5) is 0 Å². The quantitative estimate of drug-likeness (QED) is 0.761. The van der Waals surface area contributed by atoms with Crippen LogP contribution in [0.25, 0.3) is 0 Å². The van der Waals surface area contributed by atoms with E-state index in [0.29, 0.717) is 0 Å². The molecule has 3 atom stereocenters. The van der Waals surface area contributed by atoms with Crippen molar-refractivity contribution >= 4 is 0 Å². The summed E-state index contributed by atoms with van der Waals surface area (Å²) in [5.74, 6) is 1.86. The molecule has 1 heterocycles. The summed E-state index contributed by atoms with van der Waals surface area (Å²) in [6.45, 7) is 6.27. The minimum absolute atomic E-state index is 0.812. The third-order valence-corrected chi connectivity index (χ3v) is 4.67. The van der Waals surface area contributed by atoms with Gasteiger partial charge in [0.25, 0.3) is 0 Å². The molecule has 1 N–H and O–H groups in total. The van der Waals surface area contributed by atoms with Crippen LogP contribution in [0.1, 0.15) is 51.9 Å². The fourth-order valence-corrected chi connectivity index (χ4v) is 3.46. The lowest BCUT2D eigenvalue weighted by molar-refractivity contribution is 0.201. The maximum atomic E-state index is 3.85. The molecule has 2 heteroatoms. The highest BCUT2D eigenvalue weighted by molar-refractivity contribution is 4.77. The molecule has 0 amide bonds. The maximum absolute atomic E-state index is 3.85. The molecule has 0 aromatic carbocycles. The lowest BCUT2D eigenvalue weighted by atomic mass is 9.97. The monoisotopic (exact) mass is 238 g/mol. The summed E-state index contributed by atoms with van der Waals surface area (Å²) in [7, 11) is 2.26. The molecule has 0 aromatic rings. The van der Waals surface area contributed by atoms with Gasteiger partial charge in [-0.1, -0.05) is 19.8 Å². The zero-order valence-corrected chi connectivity index (χ0v) is 11.8. The third kappa shape index (κ3) is 4.59. The Labute approximate surface area is 107 Å². The van der Waals surface area contributed by atoms with Gasteiger partial charge in [-0.25, -0.2) is 0 Å². The fourth-order valence-electron chi connectivity index (χ4n) is 3.46. The fraction of sp³-hybridized carbons (Fsp3) is 1.00. The highest BCUT2D eigenvalue weighted by atomic mass is 15.1. The zero-order chi connectivity index (χ0) is 12.1. The van der Waals surface area contributed by atoms with Crippen molar-refractivity contribution in [3.8, 4) is 0 Å². The number of nitrogens with one attached hydrogen (secondary N) is 1. The first-order valence-corrected chi connectivity index (χ1v) is 7.66. The van der Waals surface area contributed by atoms with E-state index in [1.54, 1.807) is 0 Å². The van der Waals surface area contributed by atoms with Crippen molar-refractivity contribution in [3.63, 3.8) is 0 Å². The SMILES string of the molecule is CC1CCCC(NCC2CCCN(C)C2)CC1.